The Morgan fingerprint density at radius 1 is 1.62 bits per heavy atom. The highest BCUT2D eigenvalue weighted by molar-refractivity contribution is 7.09. The highest BCUT2D eigenvalue weighted by Gasteiger charge is 2.34. The molecule has 1 aromatic rings. The number of hydrogen-bond donors (Lipinski definition) is 1. The standard InChI is InChI=1S/C11H14N2O2S/c12-10(14)9-4-6-13(11(9)15)5-3-8-2-1-7-16-8/h1-2,7,9H,3-6H2,(H2,12,14). The van der Waals surface area contributed by atoms with Gasteiger partial charge >= 0.3 is 0 Å². The van der Waals surface area contributed by atoms with E-state index in [0.29, 0.717) is 19.5 Å². The molecule has 2 N–H and O–H groups in total. The third kappa shape index (κ3) is 2.24. The van der Waals surface area contributed by atoms with Crippen molar-refractivity contribution < 1.29 is 9.59 Å². The Hall–Kier alpha value is -1.36. The molecule has 0 bridgehead atoms. The van der Waals surface area contributed by atoms with Crippen LogP contribution in [0.4, 0.5) is 0 Å². The highest BCUT2D eigenvalue weighted by Crippen LogP contribution is 2.18. The molecule has 1 atom stereocenters. The van der Waals surface area contributed by atoms with Gasteiger partial charge in [0, 0.05) is 18.0 Å². The van der Waals surface area contributed by atoms with Crippen LogP contribution in [-0.2, 0) is 16.0 Å². The largest absolute Gasteiger partial charge is 0.369 e. The van der Waals surface area contributed by atoms with Crippen LogP contribution in [0.1, 0.15) is 11.3 Å². The minimum absolute atomic E-state index is 0.107. The summed E-state index contributed by atoms with van der Waals surface area (Å²) in [6.07, 6.45) is 1.42. The summed E-state index contributed by atoms with van der Waals surface area (Å²) >= 11 is 1.69. The van der Waals surface area contributed by atoms with Crippen molar-refractivity contribution in [3.05, 3.63) is 22.4 Å². The van der Waals surface area contributed by atoms with Gasteiger partial charge in [-0.15, -0.1) is 11.3 Å². The Morgan fingerprint density at radius 2 is 2.44 bits per heavy atom. The van der Waals surface area contributed by atoms with E-state index in [4.69, 9.17) is 5.73 Å². The van der Waals surface area contributed by atoms with Gasteiger partial charge < -0.3 is 10.6 Å². The van der Waals surface area contributed by atoms with Crippen molar-refractivity contribution in [1.29, 1.82) is 0 Å². The van der Waals surface area contributed by atoms with Crippen molar-refractivity contribution >= 4 is 23.2 Å². The molecule has 0 aliphatic carbocycles. The van der Waals surface area contributed by atoms with E-state index in [1.807, 2.05) is 11.4 Å². The topological polar surface area (TPSA) is 63.4 Å². The van der Waals surface area contributed by atoms with Gasteiger partial charge in [0.2, 0.25) is 11.8 Å². The van der Waals surface area contributed by atoms with E-state index in [2.05, 4.69) is 6.07 Å². The summed E-state index contributed by atoms with van der Waals surface area (Å²) in [5.74, 6) is -1.20. The molecule has 0 spiro atoms. The molecule has 2 rings (SSSR count). The summed E-state index contributed by atoms with van der Waals surface area (Å²) in [5, 5.41) is 2.02. The van der Waals surface area contributed by atoms with Crippen molar-refractivity contribution in [1.82, 2.24) is 4.90 Å². The van der Waals surface area contributed by atoms with E-state index in [1.54, 1.807) is 16.2 Å². The van der Waals surface area contributed by atoms with E-state index in [9.17, 15) is 9.59 Å². The molecular formula is C11H14N2O2S. The molecule has 1 fully saturated rings. The number of amides is 2. The predicted molar refractivity (Wildman–Crippen MR) is 61.9 cm³/mol. The molecule has 0 radical (unpaired) electrons. The molecule has 16 heavy (non-hydrogen) atoms. The molecule has 4 nitrogen and oxygen atoms in total. The molecule has 1 unspecified atom stereocenters. The minimum atomic E-state index is -0.594. The zero-order valence-corrected chi connectivity index (χ0v) is 9.70. The van der Waals surface area contributed by atoms with Gasteiger partial charge in [0.25, 0.3) is 0 Å². The first-order valence-corrected chi connectivity index (χ1v) is 6.17. The Labute approximate surface area is 98.0 Å². The SMILES string of the molecule is NC(=O)C1CCN(CCc2cccs2)C1=O. The van der Waals surface area contributed by atoms with E-state index in [-0.39, 0.29) is 5.91 Å². The Balaban J connectivity index is 1.88. The fraction of sp³-hybridized carbons (Fsp3) is 0.455. The lowest BCUT2D eigenvalue weighted by Crippen LogP contribution is -2.34. The summed E-state index contributed by atoms with van der Waals surface area (Å²) in [6, 6.07) is 4.05. The van der Waals surface area contributed by atoms with Gasteiger partial charge in [-0.05, 0) is 24.3 Å². The van der Waals surface area contributed by atoms with Crippen LogP contribution in [0.25, 0.3) is 0 Å². The number of nitrogens with two attached hydrogens (primary N) is 1. The maximum absolute atomic E-state index is 11.7. The zero-order chi connectivity index (χ0) is 11.5. The summed E-state index contributed by atoms with van der Waals surface area (Å²) in [6.45, 7) is 1.33. The quantitative estimate of drug-likeness (QED) is 0.782. The monoisotopic (exact) mass is 238 g/mol. The van der Waals surface area contributed by atoms with Crippen LogP contribution in [-0.4, -0.2) is 29.8 Å². The lowest BCUT2D eigenvalue weighted by atomic mass is 10.1. The minimum Gasteiger partial charge on any atom is -0.369 e. The van der Waals surface area contributed by atoms with Crippen LogP contribution in [0.5, 0.6) is 0 Å². The van der Waals surface area contributed by atoms with Crippen molar-refractivity contribution in [3.8, 4) is 0 Å². The third-order valence-corrected chi connectivity index (χ3v) is 3.79. The summed E-state index contributed by atoms with van der Waals surface area (Å²) in [5.41, 5.74) is 5.16. The van der Waals surface area contributed by atoms with Crippen molar-refractivity contribution in [2.24, 2.45) is 11.7 Å². The second kappa shape index (κ2) is 4.65. The first kappa shape index (κ1) is 11.1. The van der Waals surface area contributed by atoms with Gasteiger partial charge in [-0.25, -0.2) is 0 Å². The average Bonchev–Trinajstić information content (AvgIpc) is 2.84. The molecule has 0 saturated carbocycles. The van der Waals surface area contributed by atoms with Gasteiger partial charge in [-0.3, -0.25) is 9.59 Å². The number of nitrogens with zero attached hydrogens (tertiary/aromatic N) is 1. The normalized spacial score (nSPS) is 20.4. The molecule has 1 aliphatic rings. The Kier molecular flexibility index (Phi) is 3.24. The summed E-state index contributed by atoms with van der Waals surface area (Å²) in [7, 11) is 0. The van der Waals surface area contributed by atoms with Crippen molar-refractivity contribution in [3.63, 3.8) is 0 Å². The van der Waals surface area contributed by atoms with E-state index in [0.717, 1.165) is 6.42 Å². The summed E-state index contributed by atoms with van der Waals surface area (Å²) < 4.78 is 0. The van der Waals surface area contributed by atoms with E-state index in [1.165, 1.54) is 4.88 Å². The van der Waals surface area contributed by atoms with E-state index < -0.39 is 11.8 Å². The van der Waals surface area contributed by atoms with Crippen LogP contribution < -0.4 is 5.73 Å². The van der Waals surface area contributed by atoms with Crippen LogP contribution in [0, 0.1) is 5.92 Å². The zero-order valence-electron chi connectivity index (χ0n) is 8.89. The molecule has 1 saturated heterocycles. The van der Waals surface area contributed by atoms with Gasteiger partial charge in [0.1, 0.15) is 5.92 Å². The number of thiophene rings is 1. The summed E-state index contributed by atoms with van der Waals surface area (Å²) in [4.78, 5) is 25.7. The van der Waals surface area contributed by atoms with Gasteiger partial charge in [-0.2, -0.15) is 0 Å². The number of primary amides is 1. The first-order valence-electron chi connectivity index (χ1n) is 5.29. The third-order valence-electron chi connectivity index (χ3n) is 2.85. The molecule has 1 aromatic heterocycles. The fourth-order valence-electron chi connectivity index (χ4n) is 1.92. The molecule has 86 valence electrons. The molecule has 0 aromatic carbocycles. The Bertz CT molecular complexity index is 389. The molecule has 2 amide bonds. The van der Waals surface area contributed by atoms with Crippen molar-refractivity contribution in [2.45, 2.75) is 12.8 Å². The number of carbonyl (C=O) groups excluding carboxylic acids is 2. The molecule has 1 aliphatic heterocycles. The number of hydrogen-bond acceptors (Lipinski definition) is 3. The second-order valence-corrected chi connectivity index (χ2v) is 4.93. The molecule has 5 heteroatoms. The second-order valence-electron chi connectivity index (χ2n) is 3.90. The van der Waals surface area contributed by atoms with Crippen LogP contribution >= 0.6 is 11.3 Å². The molecular weight excluding hydrogens is 224 g/mol. The predicted octanol–water partition coefficient (Wildman–Crippen LogP) is 0.624. The molecule has 2 heterocycles. The lowest BCUT2D eigenvalue weighted by Gasteiger charge is -2.15. The maximum Gasteiger partial charge on any atom is 0.235 e. The van der Waals surface area contributed by atoms with Gasteiger partial charge in [-0.1, -0.05) is 6.07 Å². The first-order chi connectivity index (χ1) is 7.68. The maximum atomic E-state index is 11.7. The average molecular weight is 238 g/mol. The van der Waals surface area contributed by atoms with E-state index >= 15 is 0 Å². The van der Waals surface area contributed by atoms with Crippen LogP contribution in [0.3, 0.4) is 0 Å². The number of likely N-dealkylation sites (tertiary alicyclic amines) is 1. The van der Waals surface area contributed by atoms with Gasteiger partial charge in [0.05, 0.1) is 0 Å². The highest BCUT2D eigenvalue weighted by atomic mass is 32.1. The van der Waals surface area contributed by atoms with Crippen LogP contribution in [0.2, 0.25) is 0 Å². The number of carbonyl (C=O) groups is 2. The van der Waals surface area contributed by atoms with Crippen molar-refractivity contribution in [2.75, 3.05) is 13.1 Å². The van der Waals surface area contributed by atoms with Gasteiger partial charge in [0.15, 0.2) is 0 Å². The smallest absolute Gasteiger partial charge is 0.235 e. The Morgan fingerprint density at radius 3 is 3.00 bits per heavy atom. The van der Waals surface area contributed by atoms with Crippen LogP contribution in [0.15, 0.2) is 17.5 Å². The fourth-order valence-corrected chi connectivity index (χ4v) is 2.62. The lowest BCUT2D eigenvalue weighted by molar-refractivity contribution is -0.136. The number of rotatable bonds is 4.